The van der Waals surface area contributed by atoms with Crippen LogP contribution in [0.25, 0.3) is 0 Å². The van der Waals surface area contributed by atoms with Gasteiger partial charge in [-0.3, -0.25) is 4.90 Å². The molecule has 0 atom stereocenters. The Bertz CT molecular complexity index is 389. The molecular formula is C16H27N3O. The monoisotopic (exact) mass is 277 g/mol. The van der Waals surface area contributed by atoms with Crippen molar-refractivity contribution in [1.29, 1.82) is 0 Å². The lowest BCUT2D eigenvalue weighted by Gasteiger charge is -2.14. The number of hydrogen-bond donors (Lipinski definition) is 1. The zero-order valence-corrected chi connectivity index (χ0v) is 12.8. The van der Waals surface area contributed by atoms with Crippen LogP contribution in [0.4, 0.5) is 0 Å². The number of aromatic nitrogens is 1. The number of nitrogens with zero attached hydrogens (tertiary/aromatic N) is 2. The lowest BCUT2D eigenvalue weighted by atomic mass is 10.2. The third kappa shape index (κ3) is 5.47. The van der Waals surface area contributed by atoms with Crippen molar-refractivity contribution in [3.63, 3.8) is 0 Å². The average molecular weight is 277 g/mol. The SMILES string of the molecule is CC(C)CNCc1ccnc(OCCN2CCCC2)c1. The summed E-state index contributed by atoms with van der Waals surface area (Å²) < 4.78 is 5.76. The van der Waals surface area contributed by atoms with Crippen LogP contribution in [0.1, 0.15) is 32.3 Å². The lowest BCUT2D eigenvalue weighted by molar-refractivity contribution is 0.232. The molecule has 1 aromatic rings. The number of nitrogens with one attached hydrogen (secondary N) is 1. The molecule has 0 aromatic carbocycles. The van der Waals surface area contributed by atoms with E-state index in [-0.39, 0.29) is 0 Å². The fraction of sp³-hybridized carbons (Fsp3) is 0.688. The lowest BCUT2D eigenvalue weighted by Crippen LogP contribution is -2.25. The predicted octanol–water partition coefficient (Wildman–Crippen LogP) is 2.30. The molecule has 2 rings (SSSR count). The summed E-state index contributed by atoms with van der Waals surface area (Å²) in [5.41, 5.74) is 1.23. The number of ether oxygens (including phenoxy) is 1. The van der Waals surface area contributed by atoms with Crippen molar-refractivity contribution in [3.05, 3.63) is 23.9 Å². The van der Waals surface area contributed by atoms with Crippen molar-refractivity contribution in [2.24, 2.45) is 5.92 Å². The summed E-state index contributed by atoms with van der Waals surface area (Å²) >= 11 is 0. The second-order valence-electron chi connectivity index (χ2n) is 5.92. The van der Waals surface area contributed by atoms with Crippen LogP contribution in [0.3, 0.4) is 0 Å². The van der Waals surface area contributed by atoms with E-state index in [2.05, 4.69) is 29.0 Å². The molecule has 0 saturated carbocycles. The van der Waals surface area contributed by atoms with Gasteiger partial charge in [-0.25, -0.2) is 4.98 Å². The Kier molecular flexibility index (Phi) is 6.27. The Morgan fingerprint density at radius 1 is 1.35 bits per heavy atom. The molecule has 1 aliphatic rings. The summed E-state index contributed by atoms with van der Waals surface area (Å²) in [5, 5.41) is 3.44. The van der Waals surface area contributed by atoms with Crippen LogP contribution in [-0.4, -0.2) is 42.7 Å². The molecule has 2 heterocycles. The minimum absolute atomic E-state index is 0.674. The minimum atomic E-state index is 0.674. The third-order valence-corrected chi connectivity index (χ3v) is 3.54. The van der Waals surface area contributed by atoms with E-state index in [1.165, 1.54) is 31.5 Å². The summed E-state index contributed by atoms with van der Waals surface area (Å²) in [6.07, 6.45) is 4.49. The first-order chi connectivity index (χ1) is 9.74. The fourth-order valence-corrected chi connectivity index (χ4v) is 2.43. The highest BCUT2D eigenvalue weighted by atomic mass is 16.5. The van der Waals surface area contributed by atoms with Gasteiger partial charge in [0.05, 0.1) is 0 Å². The van der Waals surface area contributed by atoms with Crippen molar-refractivity contribution in [1.82, 2.24) is 15.2 Å². The summed E-state index contributed by atoms with van der Waals surface area (Å²) in [7, 11) is 0. The third-order valence-electron chi connectivity index (χ3n) is 3.54. The molecule has 0 bridgehead atoms. The van der Waals surface area contributed by atoms with Crippen molar-refractivity contribution in [2.45, 2.75) is 33.2 Å². The maximum Gasteiger partial charge on any atom is 0.213 e. The topological polar surface area (TPSA) is 37.4 Å². The van der Waals surface area contributed by atoms with Gasteiger partial charge in [-0.2, -0.15) is 0 Å². The van der Waals surface area contributed by atoms with Gasteiger partial charge < -0.3 is 10.1 Å². The van der Waals surface area contributed by atoms with Crippen LogP contribution in [0.2, 0.25) is 0 Å². The molecule has 112 valence electrons. The molecule has 0 spiro atoms. The Morgan fingerprint density at radius 2 is 2.15 bits per heavy atom. The van der Waals surface area contributed by atoms with Crippen LogP contribution in [0.15, 0.2) is 18.3 Å². The van der Waals surface area contributed by atoms with Gasteiger partial charge in [-0.1, -0.05) is 13.8 Å². The average Bonchev–Trinajstić information content (AvgIpc) is 2.92. The molecule has 1 N–H and O–H groups in total. The normalized spacial score (nSPS) is 15.9. The molecular weight excluding hydrogens is 250 g/mol. The molecule has 4 nitrogen and oxygen atoms in total. The van der Waals surface area contributed by atoms with Crippen LogP contribution < -0.4 is 10.1 Å². The van der Waals surface area contributed by atoms with Crippen molar-refractivity contribution in [2.75, 3.05) is 32.8 Å². The van der Waals surface area contributed by atoms with Crippen molar-refractivity contribution in [3.8, 4) is 5.88 Å². The highest BCUT2D eigenvalue weighted by Crippen LogP contribution is 2.10. The van der Waals surface area contributed by atoms with Gasteiger partial charge in [0.2, 0.25) is 5.88 Å². The number of likely N-dealkylation sites (tertiary alicyclic amines) is 1. The van der Waals surface area contributed by atoms with E-state index < -0.39 is 0 Å². The summed E-state index contributed by atoms with van der Waals surface area (Å²) in [6, 6.07) is 4.08. The summed E-state index contributed by atoms with van der Waals surface area (Å²) in [4.78, 5) is 6.73. The van der Waals surface area contributed by atoms with E-state index in [0.717, 1.165) is 32.1 Å². The first-order valence-electron chi connectivity index (χ1n) is 7.75. The van der Waals surface area contributed by atoms with E-state index in [4.69, 9.17) is 4.74 Å². The van der Waals surface area contributed by atoms with E-state index in [1.807, 2.05) is 18.3 Å². The van der Waals surface area contributed by atoms with E-state index in [1.54, 1.807) is 0 Å². The van der Waals surface area contributed by atoms with Gasteiger partial charge in [0.25, 0.3) is 0 Å². The smallest absolute Gasteiger partial charge is 0.213 e. The summed E-state index contributed by atoms with van der Waals surface area (Å²) in [5.74, 6) is 1.42. The molecule has 0 aliphatic carbocycles. The van der Waals surface area contributed by atoms with Gasteiger partial charge in [0, 0.05) is 25.4 Å². The molecule has 20 heavy (non-hydrogen) atoms. The molecule has 4 heteroatoms. The van der Waals surface area contributed by atoms with Gasteiger partial charge in [-0.15, -0.1) is 0 Å². The molecule has 0 amide bonds. The Labute approximate surface area is 122 Å². The fourth-order valence-electron chi connectivity index (χ4n) is 2.43. The Hall–Kier alpha value is -1.13. The molecule has 1 aromatic heterocycles. The predicted molar refractivity (Wildman–Crippen MR) is 82.0 cm³/mol. The zero-order valence-electron chi connectivity index (χ0n) is 12.8. The molecule has 1 fully saturated rings. The van der Waals surface area contributed by atoms with E-state index >= 15 is 0 Å². The van der Waals surface area contributed by atoms with Crippen molar-refractivity contribution < 1.29 is 4.74 Å². The first kappa shape index (κ1) is 15.3. The Balaban J connectivity index is 1.71. The standard InChI is InChI=1S/C16H27N3O/c1-14(2)12-17-13-15-5-6-18-16(11-15)20-10-9-19-7-3-4-8-19/h5-6,11,14,17H,3-4,7-10,12-13H2,1-2H3. The molecule has 0 radical (unpaired) electrons. The maximum atomic E-state index is 5.76. The van der Waals surface area contributed by atoms with Gasteiger partial charge in [0.1, 0.15) is 6.61 Å². The van der Waals surface area contributed by atoms with Crippen LogP contribution in [-0.2, 0) is 6.54 Å². The summed E-state index contributed by atoms with van der Waals surface area (Å²) in [6.45, 7) is 10.5. The largest absolute Gasteiger partial charge is 0.476 e. The maximum absolute atomic E-state index is 5.76. The molecule has 0 unspecified atom stereocenters. The number of rotatable bonds is 8. The first-order valence-corrected chi connectivity index (χ1v) is 7.75. The minimum Gasteiger partial charge on any atom is -0.476 e. The highest BCUT2D eigenvalue weighted by Gasteiger charge is 2.10. The van der Waals surface area contributed by atoms with Crippen LogP contribution in [0, 0.1) is 5.92 Å². The van der Waals surface area contributed by atoms with Crippen molar-refractivity contribution >= 4 is 0 Å². The second kappa shape index (κ2) is 8.22. The van der Waals surface area contributed by atoms with Crippen LogP contribution >= 0.6 is 0 Å². The van der Waals surface area contributed by atoms with Gasteiger partial charge in [-0.05, 0) is 50.0 Å². The van der Waals surface area contributed by atoms with E-state index in [0.29, 0.717) is 5.92 Å². The molecule has 1 aliphatic heterocycles. The molecule has 1 saturated heterocycles. The van der Waals surface area contributed by atoms with Crippen LogP contribution in [0.5, 0.6) is 5.88 Å². The number of pyridine rings is 1. The zero-order chi connectivity index (χ0) is 14.2. The van der Waals surface area contributed by atoms with E-state index in [9.17, 15) is 0 Å². The quantitative estimate of drug-likeness (QED) is 0.791. The van der Waals surface area contributed by atoms with Gasteiger partial charge in [0.15, 0.2) is 0 Å². The van der Waals surface area contributed by atoms with Gasteiger partial charge >= 0.3 is 0 Å². The second-order valence-corrected chi connectivity index (χ2v) is 5.92. The Morgan fingerprint density at radius 3 is 2.90 bits per heavy atom. The highest BCUT2D eigenvalue weighted by molar-refractivity contribution is 5.20. The number of hydrogen-bond acceptors (Lipinski definition) is 4.